The normalized spacial score (nSPS) is 17.1. The van der Waals surface area contributed by atoms with Crippen molar-refractivity contribution in [2.45, 2.75) is 63.0 Å². The molecule has 2 N–H and O–H groups in total. The summed E-state index contributed by atoms with van der Waals surface area (Å²) in [5.41, 5.74) is -0.973. The lowest BCUT2D eigenvalue weighted by Gasteiger charge is -2.18. The number of likely N-dealkylation sites (tertiary alicyclic amines) is 1. The number of aliphatic hydroxyl groups is 1. The first-order valence-electron chi connectivity index (χ1n) is 11.8. The molecule has 1 amide bonds. The number of rotatable bonds is 8. The molecule has 0 bridgehead atoms. The number of hydrogen-bond donors (Lipinski definition) is 2. The highest BCUT2D eigenvalue weighted by atomic mass is 35.5. The first-order valence-corrected chi connectivity index (χ1v) is 15.1. The van der Waals surface area contributed by atoms with Gasteiger partial charge in [-0.15, -0.1) is 21.5 Å². The number of carbonyl (C=O) groups is 1. The predicted octanol–water partition coefficient (Wildman–Crippen LogP) is 4.95. The third kappa shape index (κ3) is 6.60. The average Bonchev–Trinajstić information content (AvgIpc) is 3.51. The molecule has 4 rings (SSSR count). The highest BCUT2D eigenvalue weighted by molar-refractivity contribution is 7.98. The van der Waals surface area contributed by atoms with E-state index in [2.05, 4.69) is 25.8 Å². The van der Waals surface area contributed by atoms with Gasteiger partial charge in [0.15, 0.2) is 5.01 Å². The molecule has 212 valence electrons. The number of carbonyl (C=O) groups excluding carboxylic acids is 1. The van der Waals surface area contributed by atoms with Crippen molar-refractivity contribution < 1.29 is 27.3 Å². The smallest absolute Gasteiger partial charge is 0.276 e. The van der Waals surface area contributed by atoms with Crippen LogP contribution in [0.2, 0.25) is 10.0 Å². The van der Waals surface area contributed by atoms with Crippen LogP contribution in [0.3, 0.4) is 0 Å². The van der Waals surface area contributed by atoms with Crippen LogP contribution in [0.25, 0.3) is 21.3 Å². The van der Waals surface area contributed by atoms with Crippen molar-refractivity contribution in [2.24, 2.45) is 0 Å². The molecule has 15 heteroatoms. The van der Waals surface area contributed by atoms with Gasteiger partial charge in [-0.05, 0) is 39.6 Å². The summed E-state index contributed by atoms with van der Waals surface area (Å²) < 4.78 is 49.5. The zero-order chi connectivity index (χ0) is 28.9. The van der Waals surface area contributed by atoms with Gasteiger partial charge in [-0.3, -0.25) is 4.79 Å². The van der Waals surface area contributed by atoms with E-state index in [1.54, 1.807) is 27.7 Å². The minimum absolute atomic E-state index is 0.0136. The molecule has 1 fully saturated rings. The molecule has 2 aromatic heterocycles. The molecule has 0 saturated carbocycles. The van der Waals surface area contributed by atoms with E-state index in [9.17, 15) is 22.9 Å². The molecule has 3 aromatic rings. The predicted molar refractivity (Wildman–Crippen MR) is 148 cm³/mol. The minimum atomic E-state index is -3.01. The lowest BCUT2D eigenvalue weighted by atomic mass is 10.1. The lowest BCUT2D eigenvalue weighted by Crippen LogP contribution is -2.32. The van der Waals surface area contributed by atoms with Gasteiger partial charge in [0.25, 0.3) is 17.7 Å². The van der Waals surface area contributed by atoms with Crippen LogP contribution in [-0.2, 0) is 16.1 Å². The fraction of sp³-hybridized carbons (Fsp3) is 0.458. The summed E-state index contributed by atoms with van der Waals surface area (Å²) in [5.74, 6) is 0.152. The van der Waals surface area contributed by atoms with Gasteiger partial charge < -0.3 is 14.4 Å². The van der Waals surface area contributed by atoms with E-state index in [0.29, 0.717) is 0 Å². The zero-order valence-corrected chi connectivity index (χ0v) is 24.7. The Morgan fingerprint density at radius 3 is 2.62 bits per heavy atom. The number of thiazole rings is 1. The summed E-state index contributed by atoms with van der Waals surface area (Å²) in [7, 11) is -3.01. The first-order chi connectivity index (χ1) is 18.0. The van der Waals surface area contributed by atoms with Crippen molar-refractivity contribution in [3.8, 4) is 21.3 Å². The minimum Gasteiger partial charge on any atom is -0.419 e. The van der Waals surface area contributed by atoms with Crippen LogP contribution < -0.4 is 4.72 Å². The third-order valence-electron chi connectivity index (χ3n) is 5.59. The van der Waals surface area contributed by atoms with Crippen molar-refractivity contribution in [2.75, 3.05) is 13.1 Å². The second kappa shape index (κ2) is 10.7. The van der Waals surface area contributed by atoms with Crippen molar-refractivity contribution in [1.29, 1.82) is 0 Å². The monoisotopic (exact) mass is 621 g/mol. The van der Waals surface area contributed by atoms with Crippen LogP contribution in [0.1, 0.15) is 50.5 Å². The van der Waals surface area contributed by atoms with E-state index >= 15 is 0 Å². The highest BCUT2D eigenvalue weighted by Gasteiger charge is 2.42. The van der Waals surface area contributed by atoms with Crippen LogP contribution in [0.4, 0.5) is 8.78 Å². The van der Waals surface area contributed by atoms with E-state index in [4.69, 9.17) is 27.6 Å². The largest absolute Gasteiger partial charge is 0.419 e. The summed E-state index contributed by atoms with van der Waals surface area (Å²) in [6, 6.07) is 2.85. The Bertz CT molecular complexity index is 1520. The molecule has 1 aliphatic rings. The quantitative estimate of drug-likeness (QED) is 0.341. The van der Waals surface area contributed by atoms with Crippen molar-refractivity contribution in [3.63, 3.8) is 0 Å². The number of nitrogens with one attached hydrogen (secondary N) is 1. The maximum Gasteiger partial charge on any atom is 0.276 e. The molecule has 1 atom stereocenters. The first kappa shape index (κ1) is 29.8. The van der Waals surface area contributed by atoms with E-state index in [-0.39, 0.29) is 66.9 Å². The van der Waals surface area contributed by atoms with E-state index in [1.165, 1.54) is 12.1 Å². The summed E-state index contributed by atoms with van der Waals surface area (Å²) in [6.45, 7) is 5.88. The molecular formula is C24H27Cl2F2N5O4S2. The number of alkyl halides is 2. The Balaban J connectivity index is 1.82. The molecule has 0 radical (unpaired) electrons. The van der Waals surface area contributed by atoms with E-state index in [1.807, 2.05) is 0 Å². The maximum atomic E-state index is 13.9. The molecule has 0 aliphatic carbocycles. The zero-order valence-electron chi connectivity index (χ0n) is 21.6. The number of aromatic nitrogens is 3. The summed E-state index contributed by atoms with van der Waals surface area (Å²) in [5, 5.41) is 18.1. The van der Waals surface area contributed by atoms with Gasteiger partial charge in [-0.2, -0.15) is 0 Å². The van der Waals surface area contributed by atoms with Crippen LogP contribution in [-0.4, -0.2) is 71.8 Å². The standard InChI is InChI=1S/C24H27Cl2F2N5O4S2/c1-12(2)32-39(5,36)14-7-6-13(16(25)17(14)26)19-18(22(34)33-9-8-24(27,28)11-33)29-21(38-19)20-31-30-15(37-20)10-23(3,4)35/h6-7,12,35H,5,8-11H2,1-4H3,(H,32,36). The Morgan fingerprint density at radius 1 is 1.33 bits per heavy atom. The molecule has 9 nitrogen and oxygen atoms in total. The van der Waals surface area contributed by atoms with Gasteiger partial charge in [0, 0.05) is 24.6 Å². The van der Waals surface area contributed by atoms with Gasteiger partial charge in [-0.1, -0.05) is 29.3 Å². The van der Waals surface area contributed by atoms with Crippen molar-refractivity contribution in [1.82, 2.24) is 24.8 Å². The van der Waals surface area contributed by atoms with Crippen LogP contribution in [0, 0.1) is 0 Å². The number of benzene rings is 1. The lowest BCUT2D eigenvalue weighted by molar-refractivity contribution is 0.0119. The second-order valence-electron chi connectivity index (χ2n) is 10.2. The Morgan fingerprint density at radius 2 is 2.03 bits per heavy atom. The molecule has 0 spiro atoms. The summed E-state index contributed by atoms with van der Waals surface area (Å²) in [4.78, 5) is 19.2. The Labute approximate surface area is 238 Å². The average molecular weight is 623 g/mol. The summed E-state index contributed by atoms with van der Waals surface area (Å²) >= 11 is 14.1. The fourth-order valence-corrected chi connectivity index (χ4v) is 7.47. The van der Waals surface area contributed by atoms with Gasteiger partial charge >= 0.3 is 0 Å². The van der Waals surface area contributed by atoms with Gasteiger partial charge in [0.2, 0.25) is 5.89 Å². The Kier molecular flexibility index (Phi) is 8.16. The van der Waals surface area contributed by atoms with Crippen molar-refractivity contribution >= 4 is 56.0 Å². The number of amides is 1. The topological polar surface area (TPSA) is 121 Å². The van der Waals surface area contributed by atoms with Crippen LogP contribution >= 0.6 is 34.5 Å². The third-order valence-corrected chi connectivity index (χ3v) is 9.57. The highest BCUT2D eigenvalue weighted by Crippen LogP contribution is 2.44. The molecule has 1 aliphatic heterocycles. The molecule has 1 unspecified atom stereocenters. The number of halogens is 4. The molecular weight excluding hydrogens is 595 g/mol. The van der Waals surface area contributed by atoms with Crippen LogP contribution in [0.5, 0.6) is 0 Å². The van der Waals surface area contributed by atoms with E-state index in [0.717, 1.165) is 16.2 Å². The van der Waals surface area contributed by atoms with Crippen LogP contribution in [0.15, 0.2) is 21.4 Å². The van der Waals surface area contributed by atoms with E-state index < -0.39 is 40.1 Å². The van der Waals surface area contributed by atoms with Crippen molar-refractivity contribution in [3.05, 3.63) is 33.8 Å². The van der Waals surface area contributed by atoms with Gasteiger partial charge in [-0.25, -0.2) is 22.7 Å². The van der Waals surface area contributed by atoms with Gasteiger partial charge in [0.1, 0.15) is 5.69 Å². The maximum absolute atomic E-state index is 13.9. The molecule has 39 heavy (non-hydrogen) atoms. The number of hydrogen-bond acceptors (Lipinski definition) is 8. The second-order valence-corrected chi connectivity index (χ2v) is 14.0. The Hall–Kier alpha value is -2.16. The molecule has 1 aromatic carbocycles. The molecule has 3 heterocycles. The number of nitrogens with zero attached hydrogens (tertiary/aromatic N) is 4. The van der Waals surface area contributed by atoms with Gasteiger partial charge in [0.05, 0.1) is 48.1 Å². The fourth-order valence-electron chi connectivity index (χ4n) is 3.99. The molecule has 1 saturated heterocycles. The SMILES string of the molecule is C=S(=O)(NC(C)C)c1ccc(-c2sc(-c3nnc(CC(C)(C)O)o3)nc2C(=O)N2CCC(F)(F)C2)c(Cl)c1Cl. The summed E-state index contributed by atoms with van der Waals surface area (Å²) in [6.07, 6.45) is -0.387.